The molecule has 0 saturated carbocycles. The van der Waals surface area contributed by atoms with Crippen molar-refractivity contribution in [3.8, 4) is 0 Å². The summed E-state index contributed by atoms with van der Waals surface area (Å²) in [5.41, 5.74) is 2.33. The molecule has 0 aliphatic carbocycles. The van der Waals surface area contributed by atoms with Crippen LogP contribution in [0.3, 0.4) is 0 Å². The average Bonchev–Trinajstić information content (AvgIpc) is 2.59. The maximum atomic E-state index is 4.68. The third-order valence-corrected chi connectivity index (χ3v) is 3.97. The van der Waals surface area contributed by atoms with Crippen LogP contribution in [0.5, 0.6) is 0 Å². The first kappa shape index (κ1) is 12.9. The summed E-state index contributed by atoms with van der Waals surface area (Å²) in [6, 6.07) is 6.33. The van der Waals surface area contributed by atoms with Gasteiger partial charge in [-0.25, -0.2) is 0 Å². The van der Waals surface area contributed by atoms with Crippen molar-refractivity contribution in [1.82, 2.24) is 15.2 Å². The van der Waals surface area contributed by atoms with Crippen LogP contribution in [-0.4, -0.2) is 41.5 Å². The van der Waals surface area contributed by atoms with Crippen LogP contribution in [0.2, 0.25) is 0 Å². The highest BCUT2D eigenvalue weighted by Crippen LogP contribution is 2.12. The molecule has 2 heterocycles. The monoisotopic (exact) mass is 251 g/mol. The van der Waals surface area contributed by atoms with Gasteiger partial charge in [0.15, 0.2) is 0 Å². The van der Waals surface area contributed by atoms with E-state index < -0.39 is 0 Å². The fourth-order valence-corrected chi connectivity index (χ4v) is 3.01. The highest BCUT2D eigenvalue weighted by atomic mass is 32.2. The van der Waals surface area contributed by atoms with Crippen LogP contribution in [-0.2, 0) is 13.1 Å². The number of hydrogen-bond donors (Lipinski definition) is 1. The maximum Gasteiger partial charge on any atom is 0.0547 e. The van der Waals surface area contributed by atoms with Gasteiger partial charge in [-0.3, -0.25) is 9.88 Å². The first-order chi connectivity index (χ1) is 8.38. The van der Waals surface area contributed by atoms with Crippen LogP contribution in [0.25, 0.3) is 0 Å². The molecule has 1 saturated heterocycles. The third kappa shape index (κ3) is 4.30. The van der Waals surface area contributed by atoms with Crippen LogP contribution < -0.4 is 5.32 Å². The quantitative estimate of drug-likeness (QED) is 0.882. The fourth-order valence-electron chi connectivity index (χ4n) is 2.08. The van der Waals surface area contributed by atoms with E-state index in [2.05, 4.69) is 45.2 Å². The van der Waals surface area contributed by atoms with Crippen molar-refractivity contribution in [3.63, 3.8) is 0 Å². The smallest absolute Gasteiger partial charge is 0.0547 e. The molecule has 1 aliphatic heterocycles. The number of nitrogens with zero attached hydrogens (tertiary/aromatic N) is 2. The molecule has 2 rings (SSSR count). The molecule has 0 bridgehead atoms. The summed E-state index contributed by atoms with van der Waals surface area (Å²) in [4.78, 5) is 7.20. The van der Waals surface area contributed by atoms with Crippen molar-refractivity contribution in [2.75, 3.05) is 31.6 Å². The second kappa shape index (κ2) is 6.99. The summed E-state index contributed by atoms with van der Waals surface area (Å²) in [5, 5.41) is 3.15. The van der Waals surface area contributed by atoms with E-state index in [0.29, 0.717) is 0 Å². The minimum absolute atomic E-state index is 0.851. The molecule has 0 amide bonds. The van der Waals surface area contributed by atoms with Gasteiger partial charge in [0.25, 0.3) is 0 Å². The SMILES string of the molecule is CNCc1cccc(CN2CCCSCC2)n1. The van der Waals surface area contributed by atoms with E-state index >= 15 is 0 Å². The normalized spacial score (nSPS) is 17.9. The zero-order valence-electron chi connectivity index (χ0n) is 10.5. The van der Waals surface area contributed by atoms with Gasteiger partial charge in [-0.2, -0.15) is 11.8 Å². The van der Waals surface area contributed by atoms with E-state index in [0.717, 1.165) is 18.8 Å². The molecule has 1 aromatic heterocycles. The molecule has 0 spiro atoms. The number of hydrogen-bond acceptors (Lipinski definition) is 4. The number of thioether (sulfide) groups is 1. The van der Waals surface area contributed by atoms with E-state index in [9.17, 15) is 0 Å². The Morgan fingerprint density at radius 1 is 1.29 bits per heavy atom. The van der Waals surface area contributed by atoms with Gasteiger partial charge in [0.05, 0.1) is 11.4 Å². The van der Waals surface area contributed by atoms with E-state index in [1.54, 1.807) is 0 Å². The Morgan fingerprint density at radius 3 is 3.06 bits per heavy atom. The van der Waals surface area contributed by atoms with Crippen LogP contribution >= 0.6 is 11.8 Å². The summed E-state index contributed by atoms with van der Waals surface area (Å²) in [7, 11) is 1.96. The summed E-state index contributed by atoms with van der Waals surface area (Å²) in [6.07, 6.45) is 1.31. The predicted octanol–water partition coefficient (Wildman–Crippen LogP) is 1.74. The molecule has 0 aromatic carbocycles. The van der Waals surface area contributed by atoms with Gasteiger partial charge in [-0.1, -0.05) is 6.07 Å². The van der Waals surface area contributed by atoms with Crippen molar-refractivity contribution >= 4 is 11.8 Å². The zero-order valence-corrected chi connectivity index (χ0v) is 11.3. The van der Waals surface area contributed by atoms with Crippen LogP contribution in [0.1, 0.15) is 17.8 Å². The van der Waals surface area contributed by atoms with Gasteiger partial charge in [-0.15, -0.1) is 0 Å². The van der Waals surface area contributed by atoms with Crippen LogP contribution in [0.15, 0.2) is 18.2 Å². The Labute approximate surface area is 108 Å². The standard InChI is InChI=1S/C13H21N3S/c1-14-10-12-4-2-5-13(15-12)11-16-6-3-8-17-9-7-16/h2,4-5,14H,3,6-11H2,1H3. The molecule has 1 fully saturated rings. The Kier molecular flexibility index (Phi) is 5.29. The molecular formula is C13H21N3S. The molecule has 1 aliphatic rings. The Balaban J connectivity index is 1.94. The number of aromatic nitrogens is 1. The van der Waals surface area contributed by atoms with Gasteiger partial charge < -0.3 is 5.32 Å². The number of pyridine rings is 1. The largest absolute Gasteiger partial charge is 0.314 e. The Bertz CT molecular complexity index is 335. The number of rotatable bonds is 4. The lowest BCUT2D eigenvalue weighted by Gasteiger charge is -2.19. The minimum atomic E-state index is 0.851. The van der Waals surface area contributed by atoms with Crippen molar-refractivity contribution in [1.29, 1.82) is 0 Å². The summed E-state index contributed by atoms with van der Waals surface area (Å²) in [6.45, 7) is 4.26. The molecule has 0 atom stereocenters. The molecule has 3 nitrogen and oxygen atoms in total. The topological polar surface area (TPSA) is 28.2 Å². The summed E-state index contributed by atoms with van der Waals surface area (Å²) < 4.78 is 0. The number of nitrogens with one attached hydrogen (secondary N) is 1. The van der Waals surface area contributed by atoms with E-state index in [4.69, 9.17) is 0 Å². The van der Waals surface area contributed by atoms with Crippen LogP contribution in [0.4, 0.5) is 0 Å². The van der Waals surface area contributed by atoms with Gasteiger partial charge in [0.2, 0.25) is 0 Å². The second-order valence-electron chi connectivity index (χ2n) is 4.39. The molecule has 4 heteroatoms. The van der Waals surface area contributed by atoms with Gasteiger partial charge in [0.1, 0.15) is 0 Å². The molecule has 17 heavy (non-hydrogen) atoms. The van der Waals surface area contributed by atoms with Gasteiger partial charge in [-0.05, 0) is 37.9 Å². The second-order valence-corrected chi connectivity index (χ2v) is 5.62. The molecule has 1 aromatic rings. The fraction of sp³-hybridized carbons (Fsp3) is 0.615. The first-order valence-electron chi connectivity index (χ1n) is 6.28. The van der Waals surface area contributed by atoms with Gasteiger partial charge in [0, 0.05) is 25.4 Å². The molecular weight excluding hydrogens is 230 g/mol. The lowest BCUT2D eigenvalue weighted by Crippen LogP contribution is -2.26. The average molecular weight is 251 g/mol. The Morgan fingerprint density at radius 2 is 2.18 bits per heavy atom. The Hall–Kier alpha value is -0.580. The highest BCUT2D eigenvalue weighted by molar-refractivity contribution is 7.99. The minimum Gasteiger partial charge on any atom is -0.314 e. The summed E-state index contributed by atoms with van der Waals surface area (Å²) in [5.74, 6) is 2.57. The third-order valence-electron chi connectivity index (χ3n) is 2.92. The molecule has 1 N–H and O–H groups in total. The zero-order chi connectivity index (χ0) is 11.9. The highest BCUT2D eigenvalue weighted by Gasteiger charge is 2.10. The van der Waals surface area contributed by atoms with Crippen LogP contribution in [0, 0.1) is 0 Å². The van der Waals surface area contributed by atoms with Crippen molar-refractivity contribution in [3.05, 3.63) is 29.6 Å². The molecule has 94 valence electrons. The molecule has 0 radical (unpaired) electrons. The molecule has 0 unspecified atom stereocenters. The van der Waals surface area contributed by atoms with Gasteiger partial charge >= 0.3 is 0 Å². The van der Waals surface area contributed by atoms with E-state index in [-0.39, 0.29) is 0 Å². The van der Waals surface area contributed by atoms with E-state index in [1.807, 2.05) is 7.05 Å². The maximum absolute atomic E-state index is 4.68. The summed E-state index contributed by atoms with van der Waals surface area (Å²) >= 11 is 2.07. The first-order valence-corrected chi connectivity index (χ1v) is 7.43. The van der Waals surface area contributed by atoms with Crippen molar-refractivity contribution < 1.29 is 0 Å². The predicted molar refractivity (Wildman–Crippen MR) is 74.2 cm³/mol. The van der Waals surface area contributed by atoms with E-state index in [1.165, 1.54) is 36.7 Å². The lowest BCUT2D eigenvalue weighted by atomic mass is 10.2. The lowest BCUT2D eigenvalue weighted by molar-refractivity contribution is 0.284. The van der Waals surface area contributed by atoms with Crippen molar-refractivity contribution in [2.45, 2.75) is 19.5 Å². The van der Waals surface area contributed by atoms with Crippen molar-refractivity contribution in [2.24, 2.45) is 0 Å².